The average Bonchev–Trinajstić information content (AvgIpc) is 2.46. The van der Waals surface area contributed by atoms with Gasteiger partial charge >= 0.3 is 0 Å². The number of nitrogens with zero attached hydrogens (tertiary/aromatic N) is 2. The second kappa shape index (κ2) is 2.75. The minimum absolute atomic E-state index is 0.269. The minimum atomic E-state index is -0.269. The third-order valence-corrected chi connectivity index (χ3v) is 1.97. The molecule has 12 heavy (non-hydrogen) atoms. The highest BCUT2D eigenvalue weighted by Crippen LogP contribution is 2.14. The molecule has 1 heterocycles. The molecule has 0 spiro atoms. The fraction of sp³-hybridized carbons (Fsp3) is 0.125. The molecule has 0 atom stereocenters. The van der Waals surface area contributed by atoms with E-state index in [1.54, 1.807) is 17.0 Å². The van der Waals surface area contributed by atoms with Crippen molar-refractivity contribution in [3.8, 4) is 0 Å². The van der Waals surface area contributed by atoms with Gasteiger partial charge in [0.05, 0.1) is 23.4 Å². The molecule has 0 saturated heterocycles. The minimum Gasteiger partial charge on any atom is -0.316 e. The van der Waals surface area contributed by atoms with E-state index in [4.69, 9.17) is 11.6 Å². The summed E-state index contributed by atoms with van der Waals surface area (Å²) in [6.45, 7) is 0. The van der Waals surface area contributed by atoms with Crippen LogP contribution in [0, 0.1) is 5.82 Å². The first kappa shape index (κ1) is 7.55. The molecule has 0 aliphatic carbocycles. The number of halogens is 2. The van der Waals surface area contributed by atoms with Gasteiger partial charge in [0.25, 0.3) is 0 Å². The van der Waals surface area contributed by atoms with E-state index < -0.39 is 0 Å². The normalized spacial score (nSPS) is 10.8. The average molecular weight is 185 g/mol. The predicted octanol–water partition coefficient (Wildman–Crippen LogP) is 2.37. The van der Waals surface area contributed by atoms with E-state index in [2.05, 4.69) is 4.98 Å². The van der Waals surface area contributed by atoms with E-state index in [1.165, 1.54) is 12.1 Å². The number of rotatable bonds is 1. The first-order valence-electron chi connectivity index (χ1n) is 3.47. The highest BCUT2D eigenvalue weighted by atomic mass is 35.5. The number of alkyl halides is 1. The van der Waals surface area contributed by atoms with Crippen LogP contribution in [0.1, 0.15) is 0 Å². The molecule has 2 aromatic rings. The van der Waals surface area contributed by atoms with Gasteiger partial charge in [0.15, 0.2) is 0 Å². The second-order valence-corrected chi connectivity index (χ2v) is 2.71. The fourth-order valence-electron chi connectivity index (χ4n) is 1.13. The van der Waals surface area contributed by atoms with Crippen molar-refractivity contribution >= 4 is 22.6 Å². The molecule has 1 aromatic heterocycles. The summed E-state index contributed by atoms with van der Waals surface area (Å²) in [6.07, 6.45) is 1.59. The maximum Gasteiger partial charge on any atom is 0.125 e. The fourth-order valence-corrected chi connectivity index (χ4v) is 1.32. The van der Waals surface area contributed by atoms with Gasteiger partial charge in [0.1, 0.15) is 5.82 Å². The van der Waals surface area contributed by atoms with Crippen LogP contribution >= 0.6 is 11.6 Å². The van der Waals surface area contributed by atoms with Gasteiger partial charge in [-0.25, -0.2) is 9.37 Å². The van der Waals surface area contributed by atoms with Crippen molar-refractivity contribution < 1.29 is 4.39 Å². The summed E-state index contributed by atoms with van der Waals surface area (Å²) in [5.41, 5.74) is 1.49. The number of fused-ring (bicyclic) bond motifs is 1. The summed E-state index contributed by atoms with van der Waals surface area (Å²) in [7, 11) is 0. The van der Waals surface area contributed by atoms with Crippen LogP contribution in [0.25, 0.3) is 11.0 Å². The lowest BCUT2D eigenvalue weighted by atomic mass is 10.3. The number of aromatic nitrogens is 2. The van der Waals surface area contributed by atoms with E-state index in [0.717, 1.165) is 11.0 Å². The first-order valence-corrected chi connectivity index (χ1v) is 4.01. The summed E-state index contributed by atoms with van der Waals surface area (Å²) in [5.74, 6) is -0.269. The van der Waals surface area contributed by atoms with Crippen LogP contribution in [0.15, 0.2) is 24.5 Å². The zero-order valence-corrected chi connectivity index (χ0v) is 6.92. The zero-order valence-electron chi connectivity index (χ0n) is 6.17. The monoisotopic (exact) mass is 184 g/mol. The molecule has 4 heteroatoms. The van der Waals surface area contributed by atoms with Gasteiger partial charge in [-0.3, -0.25) is 0 Å². The van der Waals surface area contributed by atoms with Gasteiger partial charge < -0.3 is 4.57 Å². The highest BCUT2D eigenvalue weighted by molar-refractivity contribution is 6.15. The van der Waals surface area contributed by atoms with Crippen molar-refractivity contribution in [3.63, 3.8) is 0 Å². The number of hydrogen-bond donors (Lipinski definition) is 0. The molecule has 0 radical (unpaired) electrons. The van der Waals surface area contributed by atoms with E-state index in [1.807, 2.05) is 0 Å². The van der Waals surface area contributed by atoms with Crippen molar-refractivity contribution in [2.75, 3.05) is 0 Å². The van der Waals surface area contributed by atoms with E-state index in [0.29, 0.717) is 6.00 Å². The summed E-state index contributed by atoms with van der Waals surface area (Å²) in [4.78, 5) is 4.04. The molecule has 0 aliphatic heterocycles. The Morgan fingerprint density at radius 2 is 2.33 bits per heavy atom. The van der Waals surface area contributed by atoms with Crippen molar-refractivity contribution in [3.05, 3.63) is 30.3 Å². The maximum absolute atomic E-state index is 12.7. The molecule has 0 saturated carbocycles. The van der Waals surface area contributed by atoms with Crippen LogP contribution in [0.5, 0.6) is 0 Å². The van der Waals surface area contributed by atoms with E-state index >= 15 is 0 Å². The standard InChI is InChI=1S/C8H6ClFN2/c9-4-12-5-11-7-2-1-6(10)3-8(7)12/h1-3,5H,4H2. The molecule has 2 nitrogen and oxygen atoms in total. The van der Waals surface area contributed by atoms with Gasteiger partial charge in [0, 0.05) is 0 Å². The molecule has 2 rings (SSSR count). The van der Waals surface area contributed by atoms with E-state index in [-0.39, 0.29) is 5.82 Å². The summed E-state index contributed by atoms with van der Waals surface area (Å²) < 4.78 is 14.4. The van der Waals surface area contributed by atoms with Crippen molar-refractivity contribution in [1.29, 1.82) is 0 Å². The van der Waals surface area contributed by atoms with Crippen molar-refractivity contribution in [1.82, 2.24) is 9.55 Å². The van der Waals surface area contributed by atoms with Crippen LogP contribution in [-0.4, -0.2) is 9.55 Å². The van der Waals surface area contributed by atoms with Crippen LogP contribution in [0.4, 0.5) is 4.39 Å². The molecule has 0 bridgehead atoms. The zero-order chi connectivity index (χ0) is 8.55. The van der Waals surface area contributed by atoms with Crippen molar-refractivity contribution in [2.45, 2.75) is 6.00 Å². The molecule has 0 fully saturated rings. The largest absolute Gasteiger partial charge is 0.316 e. The lowest BCUT2D eigenvalue weighted by Gasteiger charge is -1.95. The highest BCUT2D eigenvalue weighted by Gasteiger charge is 2.01. The van der Waals surface area contributed by atoms with Crippen LogP contribution in [0.3, 0.4) is 0 Å². The van der Waals surface area contributed by atoms with E-state index in [9.17, 15) is 4.39 Å². The molecular formula is C8H6ClFN2. The van der Waals surface area contributed by atoms with Gasteiger partial charge in [-0.15, -0.1) is 11.6 Å². The number of imidazole rings is 1. The quantitative estimate of drug-likeness (QED) is 0.623. The van der Waals surface area contributed by atoms with Crippen LogP contribution < -0.4 is 0 Å². The summed E-state index contributed by atoms with van der Waals surface area (Å²) in [5, 5.41) is 0. The van der Waals surface area contributed by atoms with Gasteiger partial charge in [-0.2, -0.15) is 0 Å². The Morgan fingerprint density at radius 1 is 1.50 bits per heavy atom. The third kappa shape index (κ3) is 1.06. The number of hydrogen-bond acceptors (Lipinski definition) is 1. The molecular weight excluding hydrogens is 179 g/mol. The molecule has 0 N–H and O–H groups in total. The summed E-state index contributed by atoms with van der Waals surface area (Å²) >= 11 is 5.60. The molecule has 0 unspecified atom stereocenters. The Morgan fingerprint density at radius 3 is 3.08 bits per heavy atom. The Hall–Kier alpha value is -1.09. The van der Waals surface area contributed by atoms with Crippen LogP contribution in [-0.2, 0) is 6.00 Å². The molecule has 0 amide bonds. The molecule has 1 aromatic carbocycles. The van der Waals surface area contributed by atoms with Crippen molar-refractivity contribution in [2.24, 2.45) is 0 Å². The smallest absolute Gasteiger partial charge is 0.125 e. The number of benzene rings is 1. The SMILES string of the molecule is Fc1ccc2ncn(CCl)c2c1. The summed E-state index contributed by atoms with van der Waals surface area (Å²) in [6, 6.07) is 4.73. The maximum atomic E-state index is 12.7. The van der Waals surface area contributed by atoms with Gasteiger partial charge in [-0.1, -0.05) is 0 Å². The Labute approximate surface area is 73.6 Å². The van der Waals surface area contributed by atoms with Gasteiger partial charge in [-0.05, 0) is 18.2 Å². The third-order valence-electron chi connectivity index (χ3n) is 1.71. The second-order valence-electron chi connectivity index (χ2n) is 2.47. The first-order chi connectivity index (χ1) is 5.81. The Balaban J connectivity index is 2.75. The Bertz CT molecular complexity index is 410. The lowest BCUT2D eigenvalue weighted by molar-refractivity contribution is 0.629. The Kier molecular flexibility index (Phi) is 1.73. The lowest BCUT2D eigenvalue weighted by Crippen LogP contribution is -1.88. The van der Waals surface area contributed by atoms with Crippen LogP contribution in [0.2, 0.25) is 0 Å². The predicted molar refractivity (Wildman–Crippen MR) is 45.5 cm³/mol. The molecule has 0 aliphatic rings. The topological polar surface area (TPSA) is 17.8 Å². The van der Waals surface area contributed by atoms with Gasteiger partial charge in [0.2, 0.25) is 0 Å². The molecule has 62 valence electrons.